The molecule has 1 aromatic carbocycles. The Morgan fingerprint density at radius 2 is 1.95 bits per heavy atom. The van der Waals surface area contributed by atoms with Crippen LogP contribution < -0.4 is 15.2 Å². The van der Waals surface area contributed by atoms with Crippen molar-refractivity contribution in [3.63, 3.8) is 0 Å². The molecule has 0 heterocycles. The van der Waals surface area contributed by atoms with Gasteiger partial charge < -0.3 is 15.2 Å². The average Bonchev–Trinajstić information content (AvgIpc) is 2.43. The molecule has 0 saturated heterocycles. The number of Topliss-reactive ketones (excluding diaryl/α,β-unsaturated/α-hetero) is 1. The molecule has 0 radical (unpaired) electrons. The van der Waals surface area contributed by atoms with Crippen LogP contribution in [-0.4, -0.2) is 26.5 Å². The number of nitrogens with two attached hydrogens (primary N) is 1. The summed E-state index contributed by atoms with van der Waals surface area (Å²) in [5.41, 5.74) is 6.01. The van der Waals surface area contributed by atoms with Crippen molar-refractivity contribution in [1.82, 2.24) is 0 Å². The predicted molar refractivity (Wildman–Crippen MR) is 79.1 cm³/mol. The van der Waals surface area contributed by atoms with Gasteiger partial charge in [0, 0.05) is 6.42 Å². The number of methoxy groups -OCH3 is 2. The minimum Gasteiger partial charge on any atom is -0.495 e. The highest BCUT2D eigenvalue weighted by molar-refractivity contribution is 9.10. The van der Waals surface area contributed by atoms with Crippen LogP contribution in [0.1, 0.15) is 36.0 Å². The third-order valence-corrected chi connectivity index (χ3v) is 3.64. The first-order valence-electron chi connectivity index (χ1n) is 6.29. The molecule has 0 amide bonds. The lowest BCUT2D eigenvalue weighted by Crippen LogP contribution is -2.04. The summed E-state index contributed by atoms with van der Waals surface area (Å²) in [5, 5.41) is 0. The highest BCUT2D eigenvalue weighted by atomic mass is 79.9. The number of rotatable bonds is 8. The maximum atomic E-state index is 12.2. The molecule has 0 aliphatic carbocycles. The van der Waals surface area contributed by atoms with Crippen molar-refractivity contribution in [1.29, 1.82) is 0 Å². The molecule has 0 spiro atoms. The Labute approximate surface area is 122 Å². The zero-order valence-electron chi connectivity index (χ0n) is 11.4. The van der Waals surface area contributed by atoms with E-state index in [1.807, 2.05) is 0 Å². The van der Waals surface area contributed by atoms with E-state index in [4.69, 9.17) is 15.2 Å². The fourth-order valence-electron chi connectivity index (χ4n) is 1.86. The van der Waals surface area contributed by atoms with E-state index in [1.165, 1.54) is 0 Å². The Balaban J connectivity index is 2.82. The van der Waals surface area contributed by atoms with E-state index in [9.17, 15) is 4.79 Å². The standard InChI is InChI=1S/C14H20BrNO3/c1-18-12-8-7-10(14(19-2)13(12)15)11(17)6-4-3-5-9-16/h7-8H,3-6,9,16H2,1-2H3. The van der Waals surface area contributed by atoms with Crippen LogP contribution in [-0.2, 0) is 0 Å². The maximum absolute atomic E-state index is 12.2. The van der Waals surface area contributed by atoms with Crippen LogP contribution in [0.2, 0.25) is 0 Å². The predicted octanol–water partition coefficient (Wildman–Crippen LogP) is 3.17. The van der Waals surface area contributed by atoms with Crippen LogP contribution in [0.5, 0.6) is 11.5 Å². The van der Waals surface area contributed by atoms with Gasteiger partial charge in [-0.15, -0.1) is 0 Å². The third-order valence-electron chi connectivity index (χ3n) is 2.89. The molecule has 0 saturated carbocycles. The Morgan fingerprint density at radius 1 is 1.21 bits per heavy atom. The van der Waals surface area contributed by atoms with Crippen molar-refractivity contribution in [3.8, 4) is 11.5 Å². The van der Waals surface area contributed by atoms with Crippen molar-refractivity contribution >= 4 is 21.7 Å². The number of carbonyl (C=O) groups excluding carboxylic acids is 1. The monoisotopic (exact) mass is 329 g/mol. The molecule has 0 bridgehead atoms. The lowest BCUT2D eigenvalue weighted by molar-refractivity contribution is 0.0976. The van der Waals surface area contributed by atoms with Crippen LogP contribution in [0.25, 0.3) is 0 Å². The van der Waals surface area contributed by atoms with Gasteiger partial charge >= 0.3 is 0 Å². The van der Waals surface area contributed by atoms with E-state index in [-0.39, 0.29) is 5.78 Å². The molecule has 0 fully saturated rings. The van der Waals surface area contributed by atoms with Crippen LogP contribution in [0.3, 0.4) is 0 Å². The van der Waals surface area contributed by atoms with Crippen LogP contribution in [0.15, 0.2) is 16.6 Å². The highest BCUT2D eigenvalue weighted by Crippen LogP contribution is 2.37. The summed E-state index contributed by atoms with van der Waals surface area (Å²) >= 11 is 3.40. The molecule has 0 unspecified atom stereocenters. The number of hydrogen-bond donors (Lipinski definition) is 1. The number of ketones is 1. The zero-order valence-corrected chi connectivity index (χ0v) is 13.0. The average molecular weight is 330 g/mol. The summed E-state index contributed by atoms with van der Waals surface area (Å²) in [6, 6.07) is 3.51. The van der Waals surface area contributed by atoms with E-state index in [0.29, 0.717) is 34.5 Å². The van der Waals surface area contributed by atoms with Crippen molar-refractivity contribution < 1.29 is 14.3 Å². The van der Waals surface area contributed by atoms with Gasteiger partial charge in [-0.1, -0.05) is 6.42 Å². The molecule has 106 valence electrons. The first kappa shape index (κ1) is 16.0. The minimum atomic E-state index is 0.0808. The van der Waals surface area contributed by atoms with Gasteiger partial charge in [-0.25, -0.2) is 0 Å². The van der Waals surface area contributed by atoms with Crippen molar-refractivity contribution in [2.24, 2.45) is 5.73 Å². The lowest BCUT2D eigenvalue weighted by atomic mass is 10.0. The first-order chi connectivity index (χ1) is 9.15. The van der Waals surface area contributed by atoms with Crippen molar-refractivity contribution in [2.75, 3.05) is 20.8 Å². The van der Waals surface area contributed by atoms with Gasteiger partial charge in [-0.2, -0.15) is 0 Å². The number of hydrogen-bond acceptors (Lipinski definition) is 4. The van der Waals surface area contributed by atoms with Gasteiger partial charge in [0.05, 0.1) is 19.8 Å². The summed E-state index contributed by atoms with van der Waals surface area (Å²) < 4.78 is 11.2. The second-order valence-electron chi connectivity index (χ2n) is 4.19. The fourth-order valence-corrected chi connectivity index (χ4v) is 2.53. The smallest absolute Gasteiger partial charge is 0.166 e. The van der Waals surface area contributed by atoms with E-state index in [1.54, 1.807) is 26.4 Å². The third kappa shape index (κ3) is 4.21. The Morgan fingerprint density at radius 3 is 2.53 bits per heavy atom. The molecule has 1 rings (SSSR count). The summed E-state index contributed by atoms with van der Waals surface area (Å²) in [5.74, 6) is 1.26. The second kappa shape index (κ2) is 8.17. The highest BCUT2D eigenvalue weighted by Gasteiger charge is 2.17. The van der Waals surface area contributed by atoms with Gasteiger partial charge in [0.15, 0.2) is 5.78 Å². The van der Waals surface area contributed by atoms with Gasteiger partial charge in [0.25, 0.3) is 0 Å². The Bertz CT molecular complexity index is 435. The van der Waals surface area contributed by atoms with Gasteiger partial charge in [-0.05, 0) is 47.4 Å². The summed E-state index contributed by atoms with van der Waals surface area (Å²) in [4.78, 5) is 12.2. The van der Waals surface area contributed by atoms with E-state index >= 15 is 0 Å². The normalized spacial score (nSPS) is 10.3. The van der Waals surface area contributed by atoms with Gasteiger partial charge in [-0.3, -0.25) is 4.79 Å². The molecule has 2 N–H and O–H groups in total. The van der Waals surface area contributed by atoms with Gasteiger partial charge in [0.2, 0.25) is 0 Å². The second-order valence-corrected chi connectivity index (χ2v) is 4.98. The lowest BCUT2D eigenvalue weighted by Gasteiger charge is -2.12. The molecule has 19 heavy (non-hydrogen) atoms. The molecular weight excluding hydrogens is 310 g/mol. The SMILES string of the molecule is COc1ccc(C(=O)CCCCCN)c(OC)c1Br. The maximum Gasteiger partial charge on any atom is 0.166 e. The first-order valence-corrected chi connectivity index (χ1v) is 7.08. The Kier molecular flexibility index (Phi) is 6.87. The van der Waals surface area contributed by atoms with E-state index in [2.05, 4.69) is 15.9 Å². The van der Waals surface area contributed by atoms with E-state index in [0.717, 1.165) is 19.3 Å². The molecule has 1 aromatic rings. The number of ether oxygens (including phenoxy) is 2. The molecule has 0 atom stereocenters. The largest absolute Gasteiger partial charge is 0.495 e. The van der Waals surface area contributed by atoms with Gasteiger partial charge in [0.1, 0.15) is 16.0 Å². The molecular formula is C14H20BrNO3. The topological polar surface area (TPSA) is 61.5 Å². The summed E-state index contributed by atoms with van der Waals surface area (Å²) in [6.45, 7) is 0.672. The summed E-state index contributed by atoms with van der Waals surface area (Å²) in [6.07, 6.45) is 3.29. The number of benzene rings is 1. The van der Waals surface area contributed by atoms with Crippen molar-refractivity contribution in [3.05, 3.63) is 22.2 Å². The van der Waals surface area contributed by atoms with Crippen LogP contribution in [0.4, 0.5) is 0 Å². The molecule has 5 heteroatoms. The Hall–Kier alpha value is -1.07. The zero-order chi connectivity index (χ0) is 14.3. The van der Waals surface area contributed by atoms with Crippen molar-refractivity contribution in [2.45, 2.75) is 25.7 Å². The van der Waals surface area contributed by atoms with E-state index < -0.39 is 0 Å². The van der Waals surface area contributed by atoms with Crippen LogP contribution in [0, 0.1) is 0 Å². The minimum absolute atomic E-state index is 0.0808. The quantitative estimate of drug-likeness (QED) is 0.587. The molecule has 0 aliphatic rings. The summed E-state index contributed by atoms with van der Waals surface area (Å²) in [7, 11) is 3.12. The molecule has 0 aromatic heterocycles. The number of halogens is 1. The number of carbonyl (C=O) groups is 1. The van der Waals surface area contributed by atoms with Crippen LogP contribution >= 0.6 is 15.9 Å². The molecule has 4 nitrogen and oxygen atoms in total. The fraction of sp³-hybridized carbons (Fsp3) is 0.500. The molecule has 0 aliphatic heterocycles. The number of unbranched alkanes of at least 4 members (excludes halogenated alkanes) is 2.